The zero-order chi connectivity index (χ0) is 16.2. The fourth-order valence-electron chi connectivity index (χ4n) is 2.60. The van der Waals surface area contributed by atoms with E-state index in [-0.39, 0.29) is 5.75 Å². The molecule has 1 N–H and O–H groups in total. The topological polar surface area (TPSA) is 57.6 Å². The standard InChI is InChI=1S/C19H17NO3/c21-17-8-6-15(7-9-17)12-16-13-20(19(23)18(16)22)11-10-14-4-2-1-3-5-14/h1-9,12,21H,10-11,13H2. The van der Waals surface area contributed by atoms with Gasteiger partial charge in [-0.1, -0.05) is 42.5 Å². The van der Waals surface area contributed by atoms with Gasteiger partial charge < -0.3 is 10.0 Å². The monoisotopic (exact) mass is 307 g/mol. The Kier molecular flexibility index (Phi) is 4.24. The molecule has 1 aliphatic heterocycles. The van der Waals surface area contributed by atoms with Crippen molar-refractivity contribution in [3.05, 3.63) is 71.3 Å². The smallest absolute Gasteiger partial charge is 0.294 e. The van der Waals surface area contributed by atoms with Crippen LogP contribution in [0.25, 0.3) is 6.08 Å². The Morgan fingerprint density at radius 2 is 1.70 bits per heavy atom. The van der Waals surface area contributed by atoms with Crippen LogP contribution in [0.4, 0.5) is 0 Å². The minimum Gasteiger partial charge on any atom is -0.508 e. The van der Waals surface area contributed by atoms with Crippen LogP contribution in [0.5, 0.6) is 5.75 Å². The van der Waals surface area contributed by atoms with Gasteiger partial charge in [0.05, 0.1) is 6.54 Å². The summed E-state index contributed by atoms with van der Waals surface area (Å²) >= 11 is 0. The van der Waals surface area contributed by atoms with Crippen LogP contribution in [0.15, 0.2) is 60.2 Å². The molecular weight excluding hydrogens is 290 g/mol. The van der Waals surface area contributed by atoms with Gasteiger partial charge in [-0.25, -0.2) is 0 Å². The van der Waals surface area contributed by atoms with E-state index in [0.29, 0.717) is 18.7 Å². The van der Waals surface area contributed by atoms with Crippen molar-refractivity contribution in [3.8, 4) is 5.75 Å². The summed E-state index contributed by atoms with van der Waals surface area (Å²) in [6.07, 6.45) is 2.44. The van der Waals surface area contributed by atoms with E-state index in [4.69, 9.17) is 0 Å². The van der Waals surface area contributed by atoms with Crippen LogP contribution in [-0.2, 0) is 16.0 Å². The van der Waals surface area contributed by atoms with E-state index >= 15 is 0 Å². The fourth-order valence-corrected chi connectivity index (χ4v) is 2.60. The molecule has 0 radical (unpaired) electrons. The van der Waals surface area contributed by atoms with E-state index in [9.17, 15) is 14.7 Å². The second-order valence-electron chi connectivity index (χ2n) is 5.55. The summed E-state index contributed by atoms with van der Waals surface area (Å²) in [6, 6.07) is 16.4. The predicted molar refractivity (Wildman–Crippen MR) is 87.8 cm³/mol. The van der Waals surface area contributed by atoms with Gasteiger partial charge in [0.25, 0.3) is 5.91 Å². The lowest BCUT2D eigenvalue weighted by molar-refractivity contribution is -0.139. The van der Waals surface area contributed by atoms with Gasteiger partial charge in [-0.2, -0.15) is 0 Å². The maximum atomic E-state index is 12.1. The van der Waals surface area contributed by atoms with Crippen LogP contribution >= 0.6 is 0 Å². The van der Waals surface area contributed by atoms with Crippen molar-refractivity contribution in [2.75, 3.05) is 13.1 Å². The molecule has 1 aliphatic rings. The number of benzene rings is 2. The second-order valence-corrected chi connectivity index (χ2v) is 5.55. The number of aromatic hydroxyl groups is 1. The van der Waals surface area contributed by atoms with E-state index in [2.05, 4.69) is 0 Å². The van der Waals surface area contributed by atoms with Gasteiger partial charge >= 0.3 is 0 Å². The Hall–Kier alpha value is -2.88. The van der Waals surface area contributed by atoms with E-state index < -0.39 is 11.7 Å². The van der Waals surface area contributed by atoms with E-state index in [1.165, 1.54) is 0 Å². The second kappa shape index (κ2) is 6.48. The molecule has 4 nitrogen and oxygen atoms in total. The number of amides is 1. The average Bonchev–Trinajstić information content (AvgIpc) is 2.84. The van der Waals surface area contributed by atoms with Crippen LogP contribution in [0.1, 0.15) is 11.1 Å². The summed E-state index contributed by atoms with van der Waals surface area (Å²) in [4.78, 5) is 25.8. The summed E-state index contributed by atoms with van der Waals surface area (Å²) in [5.41, 5.74) is 2.43. The third-order valence-electron chi connectivity index (χ3n) is 3.88. The maximum absolute atomic E-state index is 12.1. The Labute approximate surface area is 134 Å². The number of ketones is 1. The number of Topliss-reactive ketones (excluding diaryl/α,β-unsaturated/α-hetero) is 1. The van der Waals surface area contributed by atoms with Gasteiger partial charge in [-0.15, -0.1) is 0 Å². The number of likely N-dealkylation sites (tertiary alicyclic amines) is 1. The van der Waals surface area contributed by atoms with Crippen molar-refractivity contribution in [1.29, 1.82) is 0 Å². The van der Waals surface area contributed by atoms with Gasteiger partial charge in [-0.05, 0) is 35.8 Å². The van der Waals surface area contributed by atoms with Gasteiger partial charge in [0.1, 0.15) is 5.75 Å². The van der Waals surface area contributed by atoms with Crippen LogP contribution in [0.2, 0.25) is 0 Å². The van der Waals surface area contributed by atoms with E-state index in [1.54, 1.807) is 35.2 Å². The summed E-state index contributed by atoms with van der Waals surface area (Å²) in [7, 11) is 0. The molecule has 0 saturated carbocycles. The number of hydrogen-bond donors (Lipinski definition) is 1. The summed E-state index contributed by atoms with van der Waals surface area (Å²) < 4.78 is 0. The molecule has 0 spiro atoms. The molecule has 116 valence electrons. The molecule has 4 heteroatoms. The SMILES string of the molecule is O=C1C(=O)N(CCc2ccccc2)CC1=Cc1ccc(O)cc1. The van der Waals surface area contributed by atoms with Crippen molar-refractivity contribution in [1.82, 2.24) is 4.90 Å². The molecule has 0 bridgehead atoms. The molecule has 2 aromatic rings. The number of rotatable bonds is 4. The number of phenolic OH excluding ortho intramolecular Hbond substituents is 1. The minimum absolute atomic E-state index is 0.172. The third-order valence-corrected chi connectivity index (χ3v) is 3.88. The van der Waals surface area contributed by atoms with Crippen LogP contribution in [0, 0.1) is 0 Å². The van der Waals surface area contributed by atoms with Gasteiger partial charge in [-0.3, -0.25) is 9.59 Å². The van der Waals surface area contributed by atoms with Crippen molar-refractivity contribution in [3.63, 3.8) is 0 Å². The normalized spacial score (nSPS) is 16.3. The summed E-state index contributed by atoms with van der Waals surface area (Å²) in [5, 5.41) is 9.28. The highest BCUT2D eigenvalue weighted by molar-refractivity contribution is 6.45. The number of phenols is 1. The third kappa shape index (κ3) is 3.48. The lowest BCUT2D eigenvalue weighted by atomic mass is 10.1. The summed E-state index contributed by atoms with van der Waals surface area (Å²) in [5.74, 6) is -0.706. The molecule has 0 aliphatic carbocycles. The Morgan fingerprint density at radius 3 is 2.39 bits per heavy atom. The van der Waals surface area contributed by atoms with Gasteiger partial charge in [0, 0.05) is 12.1 Å². The zero-order valence-electron chi connectivity index (χ0n) is 12.6. The van der Waals surface area contributed by atoms with Crippen LogP contribution < -0.4 is 0 Å². The molecular formula is C19H17NO3. The predicted octanol–water partition coefficient (Wildman–Crippen LogP) is 2.43. The lowest BCUT2D eigenvalue weighted by Crippen LogP contribution is -2.29. The molecule has 2 aromatic carbocycles. The number of carbonyl (C=O) groups excluding carboxylic acids is 2. The number of hydrogen-bond acceptors (Lipinski definition) is 3. The highest BCUT2D eigenvalue weighted by Gasteiger charge is 2.33. The van der Waals surface area contributed by atoms with Crippen LogP contribution in [0.3, 0.4) is 0 Å². The van der Waals surface area contributed by atoms with Crippen LogP contribution in [-0.4, -0.2) is 34.8 Å². The van der Waals surface area contributed by atoms with Gasteiger partial charge in [0.15, 0.2) is 0 Å². The van der Waals surface area contributed by atoms with Crippen molar-refractivity contribution >= 4 is 17.8 Å². The first-order chi connectivity index (χ1) is 11.1. The summed E-state index contributed by atoms with van der Waals surface area (Å²) in [6.45, 7) is 0.868. The van der Waals surface area contributed by atoms with Crippen molar-refractivity contribution in [2.45, 2.75) is 6.42 Å². The van der Waals surface area contributed by atoms with Crippen molar-refractivity contribution in [2.24, 2.45) is 0 Å². The van der Waals surface area contributed by atoms with Gasteiger partial charge in [0.2, 0.25) is 5.78 Å². The highest BCUT2D eigenvalue weighted by atomic mass is 16.3. The van der Waals surface area contributed by atoms with E-state index in [0.717, 1.165) is 17.5 Å². The molecule has 23 heavy (non-hydrogen) atoms. The quantitative estimate of drug-likeness (QED) is 0.697. The zero-order valence-corrected chi connectivity index (χ0v) is 12.6. The molecule has 1 saturated heterocycles. The molecule has 1 heterocycles. The first-order valence-corrected chi connectivity index (χ1v) is 7.50. The minimum atomic E-state index is -0.439. The highest BCUT2D eigenvalue weighted by Crippen LogP contribution is 2.19. The Morgan fingerprint density at radius 1 is 1.00 bits per heavy atom. The first kappa shape index (κ1) is 15.0. The first-order valence-electron chi connectivity index (χ1n) is 7.50. The molecule has 3 rings (SSSR count). The fraction of sp³-hybridized carbons (Fsp3) is 0.158. The number of nitrogens with zero attached hydrogens (tertiary/aromatic N) is 1. The van der Waals surface area contributed by atoms with E-state index in [1.807, 2.05) is 30.3 Å². The average molecular weight is 307 g/mol. The largest absolute Gasteiger partial charge is 0.508 e. The molecule has 0 aromatic heterocycles. The Balaban J connectivity index is 1.69. The molecule has 1 amide bonds. The maximum Gasteiger partial charge on any atom is 0.294 e. The Bertz CT molecular complexity index is 748. The molecule has 0 unspecified atom stereocenters. The number of carbonyl (C=O) groups is 2. The molecule has 1 fully saturated rings. The lowest BCUT2D eigenvalue weighted by Gasteiger charge is -2.13. The molecule has 0 atom stereocenters. The van der Waals surface area contributed by atoms with Crippen molar-refractivity contribution < 1.29 is 14.7 Å².